The summed E-state index contributed by atoms with van der Waals surface area (Å²) >= 11 is 0. The monoisotopic (exact) mass is 294 g/mol. The molecule has 0 saturated carbocycles. The molecule has 0 radical (unpaired) electrons. The Morgan fingerprint density at radius 1 is 1.21 bits per heavy atom. The van der Waals surface area contributed by atoms with E-state index in [0.717, 1.165) is 0 Å². The fourth-order valence-corrected chi connectivity index (χ4v) is 2.04. The van der Waals surface area contributed by atoms with Gasteiger partial charge in [-0.15, -0.1) is 0 Å². The number of hydrogen-bond donors (Lipinski definition) is 0. The molecule has 0 fully saturated rings. The van der Waals surface area contributed by atoms with Gasteiger partial charge in [0.05, 0.1) is 17.2 Å². The molecule has 0 aliphatic rings. The van der Waals surface area contributed by atoms with Gasteiger partial charge < -0.3 is 9.29 Å². The summed E-state index contributed by atoms with van der Waals surface area (Å²) in [7, 11) is -2.63. The van der Waals surface area contributed by atoms with Crippen molar-refractivity contribution in [1.29, 1.82) is 0 Å². The van der Waals surface area contributed by atoms with E-state index in [2.05, 4.69) is 0 Å². The van der Waals surface area contributed by atoms with Gasteiger partial charge in [0.15, 0.2) is 5.78 Å². The van der Waals surface area contributed by atoms with E-state index in [4.69, 9.17) is 4.74 Å². The van der Waals surface area contributed by atoms with Gasteiger partial charge in [-0.3, -0.25) is 4.79 Å². The van der Waals surface area contributed by atoms with Crippen LogP contribution < -0.4 is 34.3 Å². The number of unbranched alkanes of at least 4 members (excludes halogenated alkanes) is 1. The SMILES string of the molecule is COc1ccc(C(=O)CCCCS(=O)(=O)[O-])cc1.[Na+]. The van der Waals surface area contributed by atoms with Crippen LogP contribution in [0.15, 0.2) is 24.3 Å². The minimum Gasteiger partial charge on any atom is -0.748 e. The van der Waals surface area contributed by atoms with Gasteiger partial charge in [-0.1, -0.05) is 0 Å². The number of Topliss-reactive ketones (excluding diaryl/α,β-unsaturated/α-hetero) is 1. The van der Waals surface area contributed by atoms with Crippen molar-refractivity contribution >= 4 is 15.9 Å². The Morgan fingerprint density at radius 3 is 2.26 bits per heavy atom. The molecule has 0 heterocycles. The molecule has 0 amide bonds. The molecule has 0 aliphatic carbocycles. The number of carbonyl (C=O) groups excluding carboxylic acids is 1. The molecule has 100 valence electrons. The zero-order valence-electron chi connectivity index (χ0n) is 11.1. The third-order valence-corrected chi connectivity index (χ3v) is 3.25. The second-order valence-electron chi connectivity index (χ2n) is 3.87. The second-order valence-corrected chi connectivity index (χ2v) is 5.39. The van der Waals surface area contributed by atoms with E-state index in [1.807, 2.05) is 0 Å². The third kappa shape index (κ3) is 7.69. The van der Waals surface area contributed by atoms with Gasteiger partial charge >= 0.3 is 29.6 Å². The maximum Gasteiger partial charge on any atom is 1.00 e. The summed E-state index contributed by atoms with van der Waals surface area (Å²) in [6, 6.07) is 6.70. The van der Waals surface area contributed by atoms with Crippen LogP contribution in [0.1, 0.15) is 29.6 Å². The fraction of sp³-hybridized carbons (Fsp3) is 0.417. The first kappa shape index (κ1) is 18.6. The number of rotatable bonds is 7. The smallest absolute Gasteiger partial charge is 0.748 e. The van der Waals surface area contributed by atoms with Crippen LogP contribution in [0.25, 0.3) is 0 Å². The van der Waals surface area contributed by atoms with Crippen LogP contribution in [0.5, 0.6) is 5.75 Å². The van der Waals surface area contributed by atoms with E-state index in [1.165, 1.54) is 0 Å². The Morgan fingerprint density at radius 2 is 1.79 bits per heavy atom. The van der Waals surface area contributed by atoms with Gasteiger partial charge in [0, 0.05) is 17.7 Å². The van der Waals surface area contributed by atoms with E-state index >= 15 is 0 Å². The van der Waals surface area contributed by atoms with Crippen LogP contribution >= 0.6 is 0 Å². The van der Waals surface area contributed by atoms with Crippen molar-refractivity contribution in [2.45, 2.75) is 19.3 Å². The van der Waals surface area contributed by atoms with Crippen molar-refractivity contribution in [3.8, 4) is 5.75 Å². The van der Waals surface area contributed by atoms with Crippen molar-refractivity contribution in [2.75, 3.05) is 12.9 Å². The van der Waals surface area contributed by atoms with Gasteiger partial charge in [-0.05, 0) is 37.1 Å². The summed E-state index contributed by atoms with van der Waals surface area (Å²) in [5.74, 6) is 0.188. The summed E-state index contributed by atoms with van der Waals surface area (Å²) in [5.41, 5.74) is 0.556. The topological polar surface area (TPSA) is 83.5 Å². The molecule has 0 unspecified atom stereocenters. The van der Waals surface area contributed by atoms with Crippen molar-refractivity contribution in [1.82, 2.24) is 0 Å². The van der Waals surface area contributed by atoms with E-state index < -0.39 is 15.9 Å². The van der Waals surface area contributed by atoms with Gasteiger partial charge in [-0.25, -0.2) is 8.42 Å². The number of ketones is 1. The van der Waals surface area contributed by atoms with Crippen molar-refractivity contribution < 1.29 is 52.1 Å². The van der Waals surface area contributed by atoms with Gasteiger partial charge in [0.1, 0.15) is 5.75 Å². The molecule has 5 nitrogen and oxygen atoms in total. The molecular formula is C12H15NaO5S. The maximum atomic E-state index is 11.7. The van der Waals surface area contributed by atoms with Crippen LogP contribution in [0.2, 0.25) is 0 Å². The third-order valence-electron chi connectivity index (χ3n) is 2.46. The Hall–Kier alpha value is -0.400. The zero-order valence-corrected chi connectivity index (χ0v) is 13.9. The predicted molar refractivity (Wildman–Crippen MR) is 65.7 cm³/mol. The molecule has 0 spiro atoms. The molecule has 19 heavy (non-hydrogen) atoms. The van der Waals surface area contributed by atoms with Crippen LogP contribution in [0.3, 0.4) is 0 Å². The van der Waals surface area contributed by atoms with Crippen LogP contribution in [-0.4, -0.2) is 31.6 Å². The van der Waals surface area contributed by atoms with E-state index in [9.17, 15) is 17.8 Å². The van der Waals surface area contributed by atoms with E-state index in [0.29, 0.717) is 17.7 Å². The molecule has 1 aromatic rings. The second kappa shape index (κ2) is 8.71. The number of hydrogen-bond acceptors (Lipinski definition) is 5. The van der Waals surface area contributed by atoms with Gasteiger partial charge in [0.2, 0.25) is 0 Å². The molecule has 0 N–H and O–H groups in total. The Bertz CT molecular complexity index is 495. The molecular weight excluding hydrogens is 279 g/mol. The van der Waals surface area contributed by atoms with Crippen LogP contribution in [0.4, 0.5) is 0 Å². The molecule has 7 heteroatoms. The van der Waals surface area contributed by atoms with E-state index in [-0.39, 0.29) is 48.2 Å². The van der Waals surface area contributed by atoms with E-state index in [1.54, 1.807) is 31.4 Å². The Labute approximate surface area is 135 Å². The van der Waals surface area contributed by atoms with Gasteiger partial charge in [0.25, 0.3) is 0 Å². The molecule has 0 atom stereocenters. The van der Waals surface area contributed by atoms with Crippen molar-refractivity contribution in [3.63, 3.8) is 0 Å². The first-order valence-electron chi connectivity index (χ1n) is 5.53. The molecule has 1 aromatic carbocycles. The minimum absolute atomic E-state index is 0. The summed E-state index contributed by atoms with van der Waals surface area (Å²) < 4.78 is 36.1. The van der Waals surface area contributed by atoms with Crippen LogP contribution in [-0.2, 0) is 10.1 Å². The molecule has 1 rings (SSSR count). The summed E-state index contributed by atoms with van der Waals surface area (Å²) in [4.78, 5) is 11.7. The normalized spacial score (nSPS) is 10.6. The maximum absolute atomic E-state index is 11.7. The van der Waals surface area contributed by atoms with Gasteiger partial charge in [-0.2, -0.15) is 0 Å². The fourth-order valence-electron chi connectivity index (χ4n) is 1.49. The average molecular weight is 294 g/mol. The first-order valence-corrected chi connectivity index (χ1v) is 7.11. The summed E-state index contributed by atoms with van der Waals surface area (Å²) in [6.07, 6.45) is 0.849. The number of methoxy groups -OCH3 is 1. The number of ether oxygens (including phenoxy) is 1. The molecule has 0 aromatic heterocycles. The summed E-state index contributed by atoms with van der Waals surface area (Å²) in [6.45, 7) is 0. The molecule has 0 saturated heterocycles. The molecule has 0 aliphatic heterocycles. The largest absolute Gasteiger partial charge is 1.00 e. The number of benzene rings is 1. The zero-order chi connectivity index (χ0) is 13.6. The summed E-state index contributed by atoms with van der Waals surface area (Å²) in [5, 5.41) is 0. The quantitative estimate of drug-likeness (QED) is 0.267. The first-order chi connectivity index (χ1) is 8.42. The minimum atomic E-state index is -4.17. The Kier molecular flexibility index (Phi) is 8.52. The predicted octanol–water partition coefficient (Wildman–Crippen LogP) is -1.40. The van der Waals surface area contributed by atoms with Crippen LogP contribution in [0, 0.1) is 0 Å². The van der Waals surface area contributed by atoms with Crippen molar-refractivity contribution in [2.24, 2.45) is 0 Å². The average Bonchev–Trinajstić information content (AvgIpc) is 2.33. The number of carbonyl (C=O) groups is 1. The standard InChI is InChI=1S/C12H16O5S.Na/c1-17-11-7-5-10(6-8-11)12(13)4-2-3-9-18(14,15)16;/h5-8H,2-4,9H2,1H3,(H,14,15,16);/q;+1/p-1. The van der Waals surface area contributed by atoms with Crippen molar-refractivity contribution in [3.05, 3.63) is 29.8 Å². The Balaban J connectivity index is 0.00000324. The molecule has 0 bridgehead atoms.